The van der Waals surface area contributed by atoms with Crippen molar-refractivity contribution in [2.24, 2.45) is 5.92 Å². The van der Waals surface area contributed by atoms with Crippen LogP contribution in [-0.2, 0) is 4.74 Å². The van der Waals surface area contributed by atoms with E-state index in [0.29, 0.717) is 19.0 Å². The van der Waals surface area contributed by atoms with Gasteiger partial charge in [-0.05, 0) is 44.2 Å². The van der Waals surface area contributed by atoms with Gasteiger partial charge in [-0.25, -0.2) is 0 Å². The summed E-state index contributed by atoms with van der Waals surface area (Å²) in [7, 11) is 0. The Hall–Kier alpha value is -1.62. The van der Waals surface area contributed by atoms with Crippen molar-refractivity contribution >= 4 is 5.91 Å². The third kappa shape index (κ3) is 4.32. The second-order valence-electron chi connectivity index (χ2n) is 7.60. The lowest BCUT2D eigenvalue weighted by molar-refractivity contribution is -0.0963. The van der Waals surface area contributed by atoms with Crippen molar-refractivity contribution in [2.45, 2.75) is 73.0 Å². The fourth-order valence-electron chi connectivity index (χ4n) is 3.38. The summed E-state index contributed by atoms with van der Waals surface area (Å²) < 4.78 is 6.19. The zero-order chi connectivity index (χ0) is 18.7. The molecule has 1 amide bonds. The molecule has 1 fully saturated rings. The SMILES string of the molecule is CCCC[C@@H]1CN(C(=O)c2c(C)c(C)c(C)[nH]c2=O)C[C@H](C(C)C)O1. The Labute approximate surface area is 150 Å². The Morgan fingerprint density at radius 1 is 1.24 bits per heavy atom. The number of aromatic amines is 1. The lowest BCUT2D eigenvalue weighted by Gasteiger charge is -2.40. The standard InChI is InChI=1S/C20H32N2O3/c1-7-8-9-16-10-22(11-17(25-16)12(2)3)20(24)18-14(5)13(4)15(6)21-19(18)23/h12,16-17H,7-11H2,1-6H3,(H,21,23)/t16-,17-/m1/s1. The number of rotatable bonds is 5. The van der Waals surface area contributed by atoms with E-state index in [9.17, 15) is 9.59 Å². The summed E-state index contributed by atoms with van der Waals surface area (Å²) in [5, 5.41) is 0. The molecule has 0 bridgehead atoms. The fourth-order valence-corrected chi connectivity index (χ4v) is 3.38. The van der Waals surface area contributed by atoms with Gasteiger partial charge in [-0.2, -0.15) is 0 Å². The zero-order valence-corrected chi connectivity index (χ0v) is 16.4. The first kappa shape index (κ1) is 19.7. The van der Waals surface area contributed by atoms with Crippen molar-refractivity contribution in [3.05, 3.63) is 32.7 Å². The molecule has 2 heterocycles. The van der Waals surface area contributed by atoms with Gasteiger partial charge in [-0.15, -0.1) is 0 Å². The molecule has 1 saturated heterocycles. The molecule has 1 aromatic rings. The third-order valence-corrected chi connectivity index (χ3v) is 5.34. The molecule has 25 heavy (non-hydrogen) atoms. The number of H-pyrrole nitrogens is 1. The highest BCUT2D eigenvalue weighted by Crippen LogP contribution is 2.23. The van der Waals surface area contributed by atoms with E-state index < -0.39 is 0 Å². The number of morpholine rings is 1. The molecule has 0 aliphatic carbocycles. The van der Waals surface area contributed by atoms with Gasteiger partial charge >= 0.3 is 0 Å². The minimum atomic E-state index is -0.289. The molecule has 1 aliphatic rings. The summed E-state index contributed by atoms with van der Waals surface area (Å²) in [5.41, 5.74) is 2.56. The second kappa shape index (κ2) is 8.17. The lowest BCUT2D eigenvalue weighted by Crippen LogP contribution is -2.52. The number of nitrogens with one attached hydrogen (secondary N) is 1. The number of aromatic nitrogens is 1. The van der Waals surface area contributed by atoms with Gasteiger partial charge in [-0.3, -0.25) is 9.59 Å². The average Bonchev–Trinajstić information content (AvgIpc) is 2.57. The number of ether oxygens (including phenoxy) is 1. The van der Waals surface area contributed by atoms with Crippen LogP contribution < -0.4 is 5.56 Å². The normalized spacial score (nSPS) is 21.0. The highest BCUT2D eigenvalue weighted by atomic mass is 16.5. The molecule has 0 radical (unpaired) electrons. The van der Waals surface area contributed by atoms with Crippen LogP contribution in [0.25, 0.3) is 0 Å². The Morgan fingerprint density at radius 3 is 2.52 bits per heavy atom. The van der Waals surface area contributed by atoms with Crippen molar-refractivity contribution in [3.8, 4) is 0 Å². The van der Waals surface area contributed by atoms with Crippen molar-refractivity contribution in [1.29, 1.82) is 0 Å². The smallest absolute Gasteiger partial charge is 0.261 e. The van der Waals surface area contributed by atoms with Gasteiger partial charge < -0.3 is 14.6 Å². The van der Waals surface area contributed by atoms with Gasteiger partial charge in [0.05, 0.1) is 12.2 Å². The van der Waals surface area contributed by atoms with Crippen LogP contribution >= 0.6 is 0 Å². The monoisotopic (exact) mass is 348 g/mol. The summed E-state index contributed by atoms with van der Waals surface area (Å²) in [4.78, 5) is 30.2. The van der Waals surface area contributed by atoms with Crippen LogP contribution in [0, 0.1) is 26.7 Å². The predicted molar refractivity (Wildman–Crippen MR) is 100 cm³/mol. The number of hydrogen-bond acceptors (Lipinski definition) is 3. The average molecular weight is 348 g/mol. The Balaban J connectivity index is 2.31. The molecule has 1 aromatic heterocycles. The molecular weight excluding hydrogens is 316 g/mol. The first-order valence-electron chi connectivity index (χ1n) is 9.41. The molecular formula is C20H32N2O3. The highest BCUT2D eigenvalue weighted by molar-refractivity contribution is 5.95. The van der Waals surface area contributed by atoms with Crippen molar-refractivity contribution in [1.82, 2.24) is 9.88 Å². The quantitative estimate of drug-likeness (QED) is 0.887. The zero-order valence-electron chi connectivity index (χ0n) is 16.4. The van der Waals surface area contributed by atoms with E-state index in [4.69, 9.17) is 4.74 Å². The number of unbranched alkanes of at least 4 members (excludes halogenated alkanes) is 1. The first-order chi connectivity index (χ1) is 11.8. The van der Waals surface area contributed by atoms with Crippen LogP contribution in [0.3, 0.4) is 0 Å². The summed E-state index contributed by atoms with van der Waals surface area (Å²) in [5.74, 6) is 0.163. The summed E-state index contributed by atoms with van der Waals surface area (Å²) in [6.07, 6.45) is 3.21. The van der Waals surface area contributed by atoms with Gasteiger partial charge in [0, 0.05) is 18.8 Å². The number of amides is 1. The number of pyridine rings is 1. The molecule has 2 rings (SSSR count). The molecule has 5 heteroatoms. The van der Waals surface area contributed by atoms with E-state index in [-0.39, 0.29) is 29.2 Å². The Kier molecular flexibility index (Phi) is 6.44. The molecule has 1 N–H and O–H groups in total. The van der Waals surface area contributed by atoms with Gasteiger partial charge in [0.2, 0.25) is 0 Å². The maximum Gasteiger partial charge on any atom is 0.261 e. The first-order valence-corrected chi connectivity index (χ1v) is 9.41. The van der Waals surface area contributed by atoms with E-state index in [1.165, 1.54) is 0 Å². The van der Waals surface area contributed by atoms with E-state index >= 15 is 0 Å². The van der Waals surface area contributed by atoms with Crippen LogP contribution in [0.1, 0.15) is 67.2 Å². The molecule has 2 atom stereocenters. The third-order valence-electron chi connectivity index (χ3n) is 5.34. The van der Waals surface area contributed by atoms with Crippen LogP contribution in [0.4, 0.5) is 0 Å². The molecule has 1 aliphatic heterocycles. The number of nitrogens with zero attached hydrogens (tertiary/aromatic N) is 1. The van der Waals surface area contributed by atoms with Crippen molar-refractivity contribution in [2.75, 3.05) is 13.1 Å². The fraction of sp³-hybridized carbons (Fsp3) is 0.700. The minimum Gasteiger partial charge on any atom is -0.371 e. The maximum absolute atomic E-state index is 13.1. The topological polar surface area (TPSA) is 62.4 Å². The van der Waals surface area contributed by atoms with Gasteiger partial charge in [0.1, 0.15) is 5.56 Å². The highest BCUT2D eigenvalue weighted by Gasteiger charge is 2.33. The van der Waals surface area contributed by atoms with E-state index in [2.05, 4.69) is 25.8 Å². The number of aryl methyl sites for hydroxylation is 1. The van der Waals surface area contributed by atoms with E-state index in [1.807, 2.05) is 25.7 Å². The molecule has 140 valence electrons. The van der Waals surface area contributed by atoms with Crippen LogP contribution in [0.15, 0.2) is 4.79 Å². The number of carbonyl (C=O) groups excluding carboxylic acids is 1. The summed E-state index contributed by atoms with van der Waals surface area (Å²) in [6.45, 7) is 13.2. The maximum atomic E-state index is 13.1. The van der Waals surface area contributed by atoms with Crippen LogP contribution in [-0.4, -0.2) is 41.1 Å². The summed E-state index contributed by atoms with van der Waals surface area (Å²) >= 11 is 0. The van der Waals surface area contributed by atoms with Gasteiger partial charge in [0.15, 0.2) is 0 Å². The Morgan fingerprint density at radius 2 is 1.92 bits per heavy atom. The molecule has 5 nitrogen and oxygen atoms in total. The lowest BCUT2D eigenvalue weighted by atomic mass is 9.99. The van der Waals surface area contributed by atoms with Crippen molar-refractivity contribution < 1.29 is 9.53 Å². The molecule has 0 aromatic carbocycles. The molecule has 0 unspecified atom stereocenters. The second-order valence-corrected chi connectivity index (χ2v) is 7.60. The van der Waals surface area contributed by atoms with Gasteiger partial charge in [0.25, 0.3) is 11.5 Å². The van der Waals surface area contributed by atoms with Crippen LogP contribution in [0.5, 0.6) is 0 Å². The largest absolute Gasteiger partial charge is 0.371 e. The number of carbonyl (C=O) groups is 1. The van der Waals surface area contributed by atoms with Gasteiger partial charge in [-0.1, -0.05) is 33.6 Å². The van der Waals surface area contributed by atoms with Crippen LogP contribution in [0.2, 0.25) is 0 Å². The Bertz CT molecular complexity index is 678. The molecule has 0 spiro atoms. The molecule has 0 saturated carbocycles. The van der Waals surface area contributed by atoms with E-state index in [0.717, 1.165) is 36.1 Å². The predicted octanol–water partition coefficient (Wildman–Crippen LogP) is 3.36. The summed E-state index contributed by atoms with van der Waals surface area (Å²) in [6, 6.07) is 0. The minimum absolute atomic E-state index is 0.0190. The van der Waals surface area contributed by atoms with E-state index in [1.54, 1.807) is 0 Å². The van der Waals surface area contributed by atoms with Crippen molar-refractivity contribution in [3.63, 3.8) is 0 Å². The number of hydrogen-bond donors (Lipinski definition) is 1.